The first kappa shape index (κ1) is 23.9. The summed E-state index contributed by atoms with van der Waals surface area (Å²) in [6.45, 7) is 1.66. The van der Waals surface area contributed by atoms with Crippen LogP contribution >= 0.6 is 11.8 Å². The molecule has 0 atom stereocenters. The molecule has 11 heteroatoms. The topological polar surface area (TPSA) is 119 Å². The molecular formula is C22H20FN3O6S. The minimum atomic E-state index is -0.564. The van der Waals surface area contributed by atoms with Gasteiger partial charge in [0.2, 0.25) is 5.91 Å². The number of hydrogen-bond acceptors (Lipinski definition) is 7. The predicted molar refractivity (Wildman–Crippen MR) is 120 cm³/mol. The van der Waals surface area contributed by atoms with Crippen LogP contribution in [-0.2, 0) is 9.59 Å². The highest BCUT2D eigenvalue weighted by Crippen LogP contribution is 2.32. The Kier molecular flexibility index (Phi) is 7.78. The van der Waals surface area contributed by atoms with Crippen molar-refractivity contribution in [1.29, 1.82) is 0 Å². The summed E-state index contributed by atoms with van der Waals surface area (Å²) in [5, 5.41) is 13.1. The number of ether oxygens (including phenoxy) is 1. The maximum atomic E-state index is 13.8. The molecule has 0 spiro atoms. The van der Waals surface area contributed by atoms with E-state index in [1.807, 2.05) is 0 Å². The number of carbonyl (C=O) groups excluding carboxylic acids is 3. The molecule has 0 unspecified atom stereocenters. The largest absolute Gasteiger partial charge is 0.486 e. The molecule has 2 aromatic carbocycles. The number of nitro benzene ring substituents is 1. The van der Waals surface area contributed by atoms with Crippen LogP contribution in [0.4, 0.5) is 14.9 Å². The molecule has 33 heavy (non-hydrogen) atoms. The van der Waals surface area contributed by atoms with E-state index in [1.54, 1.807) is 19.1 Å². The number of amides is 3. The van der Waals surface area contributed by atoms with Crippen LogP contribution in [0.15, 0.2) is 47.4 Å². The molecule has 1 heterocycles. The fourth-order valence-corrected chi connectivity index (χ4v) is 3.82. The molecule has 0 radical (unpaired) electrons. The SMILES string of the molecule is Cc1ccc([N+](=O)[O-])c(OCCC(=O)NCCN2C(=O)SC(=Cc3ccccc3F)C2=O)c1. The number of nitro groups is 1. The Bertz CT molecular complexity index is 1140. The van der Waals surface area contributed by atoms with Gasteiger partial charge in [0.15, 0.2) is 5.75 Å². The van der Waals surface area contributed by atoms with Gasteiger partial charge >= 0.3 is 5.69 Å². The van der Waals surface area contributed by atoms with Crippen LogP contribution in [0.25, 0.3) is 6.08 Å². The van der Waals surface area contributed by atoms with Gasteiger partial charge in [0.05, 0.1) is 22.9 Å². The summed E-state index contributed by atoms with van der Waals surface area (Å²) in [5.41, 5.74) is 0.787. The highest BCUT2D eigenvalue weighted by Gasteiger charge is 2.34. The maximum absolute atomic E-state index is 13.8. The van der Waals surface area contributed by atoms with Crippen LogP contribution in [0.1, 0.15) is 17.5 Å². The van der Waals surface area contributed by atoms with E-state index >= 15 is 0 Å². The molecule has 2 aromatic rings. The van der Waals surface area contributed by atoms with Gasteiger partial charge in [-0.1, -0.05) is 24.3 Å². The summed E-state index contributed by atoms with van der Waals surface area (Å²) >= 11 is 0.705. The number of nitrogens with one attached hydrogen (secondary N) is 1. The van der Waals surface area contributed by atoms with Crippen LogP contribution in [-0.4, -0.2) is 46.6 Å². The number of halogens is 1. The second-order valence-electron chi connectivity index (χ2n) is 7.03. The molecule has 1 fully saturated rings. The van der Waals surface area contributed by atoms with E-state index in [0.29, 0.717) is 11.8 Å². The van der Waals surface area contributed by atoms with Gasteiger partial charge in [-0.3, -0.25) is 29.4 Å². The van der Waals surface area contributed by atoms with Crippen molar-refractivity contribution in [2.24, 2.45) is 0 Å². The average molecular weight is 473 g/mol. The third-order valence-electron chi connectivity index (χ3n) is 4.62. The van der Waals surface area contributed by atoms with Gasteiger partial charge in [0.25, 0.3) is 11.1 Å². The van der Waals surface area contributed by atoms with Crippen molar-refractivity contribution in [3.63, 3.8) is 0 Å². The van der Waals surface area contributed by atoms with E-state index in [-0.39, 0.29) is 48.0 Å². The van der Waals surface area contributed by atoms with Crippen molar-refractivity contribution < 1.29 is 28.4 Å². The molecule has 1 saturated heterocycles. The zero-order valence-corrected chi connectivity index (χ0v) is 18.4. The number of imide groups is 1. The number of carbonyl (C=O) groups is 3. The van der Waals surface area contributed by atoms with E-state index in [0.717, 1.165) is 10.5 Å². The summed E-state index contributed by atoms with van der Waals surface area (Å²) in [4.78, 5) is 48.2. The Morgan fingerprint density at radius 3 is 2.76 bits per heavy atom. The zero-order valence-electron chi connectivity index (χ0n) is 17.6. The Morgan fingerprint density at radius 1 is 1.27 bits per heavy atom. The number of rotatable bonds is 9. The molecule has 1 N–H and O–H groups in total. The Labute approximate surface area is 192 Å². The lowest BCUT2D eigenvalue weighted by Gasteiger charge is -2.13. The second-order valence-corrected chi connectivity index (χ2v) is 8.02. The third kappa shape index (κ3) is 6.16. The molecule has 1 aliphatic rings. The molecule has 0 bridgehead atoms. The van der Waals surface area contributed by atoms with Crippen LogP contribution in [0.2, 0.25) is 0 Å². The lowest BCUT2D eigenvalue weighted by Crippen LogP contribution is -2.37. The first-order valence-electron chi connectivity index (χ1n) is 9.90. The normalized spacial score (nSPS) is 14.6. The fraction of sp³-hybridized carbons (Fsp3) is 0.227. The Hall–Kier alpha value is -3.73. The number of thioether (sulfide) groups is 1. The fourth-order valence-electron chi connectivity index (χ4n) is 2.96. The van der Waals surface area contributed by atoms with Crippen molar-refractivity contribution in [3.8, 4) is 5.75 Å². The lowest BCUT2D eigenvalue weighted by molar-refractivity contribution is -0.385. The highest BCUT2D eigenvalue weighted by molar-refractivity contribution is 8.18. The number of benzene rings is 2. The predicted octanol–water partition coefficient (Wildman–Crippen LogP) is 3.66. The Morgan fingerprint density at radius 2 is 2.03 bits per heavy atom. The Balaban J connectivity index is 1.47. The summed E-state index contributed by atoms with van der Waals surface area (Å²) in [7, 11) is 0. The number of hydrogen-bond donors (Lipinski definition) is 1. The first-order valence-corrected chi connectivity index (χ1v) is 10.7. The standard InChI is InChI=1S/C22H20FN3O6S/c1-14-6-7-17(26(30)31)18(12-14)32-11-8-20(27)24-9-10-25-21(28)19(33-22(25)29)13-15-4-2-3-5-16(15)23/h2-7,12-13H,8-11H2,1H3,(H,24,27). The molecule has 3 rings (SSSR count). The number of aryl methyl sites for hydroxylation is 1. The van der Waals surface area contributed by atoms with Gasteiger partial charge in [-0.2, -0.15) is 0 Å². The second kappa shape index (κ2) is 10.7. The van der Waals surface area contributed by atoms with E-state index in [2.05, 4.69) is 5.32 Å². The van der Waals surface area contributed by atoms with Gasteiger partial charge in [-0.15, -0.1) is 0 Å². The smallest absolute Gasteiger partial charge is 0.310 e. The molecule has 0 aliphatic carbocycles. The monoisotopic (exact) mass is 473 g/mol. The summed E-state index contributed by atoms with van der Waals surface area (Å²) in [6, 6.07) is 10.3. The van der Waals surface area contributed by atoms with E-state index in [9.17, 15) is 28.9 Å². The van der Waals surface area contributed by atoms with E-state index in [4.69, 9.17) is 4.74 Å². The summed E-state index contributed by atoms with van der Waals surface area (Å²) in [6.07, 6.45) is 1.25. The molecule has 0 saturated carbocycles. The van der Waals surface area contributed by atoms with Gasteiger partial charge in [-0.05, 0) is 42.5 Å². The van der Waals surface area contributed by atoms with Crippen molar-refractivity contribution in [1.82, 2.24) is 10.2 Å². The van der Waals surface area contributed by atoms with Crippen molar-refractivity contribution in [2.75, 3.05) is 19.7 Å². The van der Waals surface area contributed by atoms with Crippen LogP contribution in [0.5, 0.6) is 5.75 Å². The molecule has 3 amide bonds. The zero-order chi connectivity index (χ0) is 24.0. The van der Waals surface area contributed by atoms with Crippen molar-refractivity contribution >= 4 is 40.6 Å². The lowest BCUT2D eigenvalue weighted by atomic mass is 10.2. The molecule has 172 valence electrons. The minimum Gasteiger partial charge on any atom is -0.486 e. The van der Waals surface area contributed by atoms with Crippen LogP contribution < -0.4 is 10.1 Å². The highest BCUT2D eigenvalue weighted by atomic mass is 32.2. The summed E-state index contributed by atoms with van der Waals surface area (Å²) in [5.74, 6) is -1.39. The van der Waals surface area contributed by atoms with Crippen LogP contribution in [0, 0.1) is 22.9 Å². The summed E-state index contributed by atoms with van der Waals surface area (Å²) < 4.78 is 19.2. The average Bonchev–Trinajstić information content (AvgIpc) is 3.02. The molecule has 9 nitrogen and oxygen atoms in total. The molecular weight excluding hydrogens is 453 g/mol. The first-order chi connectivity index (χ1) is 15.8. The van der Waals surface area contributed by atoms with E-state index < -0.39 is 27.8 Å². The number of nitrogens with zero attached hydrogens (tertiary/aromatic N) is 2. The van der Waals surface area contributed by atoms with E-state index in [1.165, 1.54) is 36.4 Å². The quantitative estimate of drug-likeness (QED) is 0.335. The molecule has 1 aliphatic heterocycles. The maximum Gasteiger partial charge on any atom is 0.310 e. The van der Waals surface area contributed by atoms with Gasteiger partial charge < -0.3 is 10.1 Å². The van der Waals surface area contributed by atoms with Gasteiger partial charge in [-0.25, -0.2) is 4.39 Å². The van der Waals surface area contributed by atoms with Gasteiger partial charge in [0.1, 0.15) is 5.82 Å². The van der Waals surface area contributed by atoms with Gasteiger partial charge in [0, 0.05) is 24.7 Å². The minimum absolute atomic E-state index is 0.0223. The third-order valence-corrected chi connectivity index (χ3v) is 5.53. The van der Waals surface area contributed by atoms with Crippen molar-refractivity contribution in [3.05, 3.63) is 74.4 Å². The molecule has 0 aromatic heterocycles. The van der Waals surface area contributed by atoms with Crippen molar-refractivity contribution in [2.45, 2.75) is 13.3 Å². The van der Waals surface area contributed by atoms with Crippen LogP contribution in [0.3, 0.4) is 0 Å².